The summed E-state index contributed by atoms with van der Waals surface area (Å²) in [4.78, 5) is 5.23. The fourth-order valence-corrected chi connectivity index (χ4v) is 12.5. The molecule has 0 aromatic carbocycles. The number of aliphatic hydroxyl groups is 1. The van der Waals surface area contributed by atoms with Gasteiger partial charge in [-0.2, -0.15) is 0 Å². The molecule has 8 rings (SSSR count). The number of hydrogen-bond donors (Lipinski definition) is 1. The van der Waals surface area contributed by atoms with E-state index in [0.29, 0.717) is 28.4 Å². The van der Waals surface area contributed by atoms with Crippen LogP contribution in [-0.2, 0) is 4.74 Å². The third-order valence-corrected chi connectivity index (χ3v) is 13.8. The van der Waals surface area contributed by atoms with Crippen LogP contribution in [0, 0.1) is 45.8 Å². The lowest BCUT2D eigenvalue weighted by Gasteiger charge is -2.60. The van der Waals surface area contributed by atoms with Gasteiger partial charge in [-0.05, 0) is 113 Å². The second kappa shape index (κ2) is 6.96. The Hall–Kier alpha value is -0.420. The predicted octanol–water partition coefficient (Wildman–Crippen LogP) is 4.72. The molecule has 194 valence electrons. The van der Waals surface area contributed by atoms with E-state index in [1.54, 1.807) is 5.57 Å². The molecule has 2 aliphatic heterocycles. The molecule has 0 amide bonds. The van der Waals surface area contributed by atoms with Gasteiger partial charge in [0.15, 0.2) is 0 Å². The molecule has 3 spiro atoms. The molecule has 7 fully saturated rings. The van der Waals surface area contributed by atoms with Crippen molar-refractivity contribution < 1.29 is 9.84 Å². The predicted molar refractivity (Wildman–Crippen MR) is 138 cm³/mol. The zero-order chi connectivity index (χ0) is 24.0. The fraction of sp³-hybridized carbons (Fsp3) is 0.935. The third-order valence-electron chi connectivity index (χ3n) is 13.8. The molecule has 4 heteroatoms. The minimum Gasteiger partial charge on any atom is -0.389 e. The Morgan fingerprint density at radius 3 is 2.80 bits per heavy atom. The van der Waals surface area contributed by atoms with Gasteiger partial charge in [0, 0.05) is 37.0 Å². The van der Waals surface area contributed by atoms with Crippen LogP contribution in [0.15, 0.2) is 11.6 Å². The molecular formula is C31H48N2O2. The summed E-state index contributed by atoms with van der Waals surface area (Å²) < 4.78 is 7.41. The normalized spacial score (nSPS) is 59.8. The third kappa shape index (κ3) is 2.55. The summed E-state index contributed by atoms with van der Waals surface area (Å²) in [5, 5.41) is 10.4. The fourth-order valence-electron chi connectivity index (χ4n) is 12.5. The molecule has 2 heterocycles. The van der Waals surface area contributed by atoms with Crippen LogP contribution in [0.5, 0.6) is 0 Å². The number of ether oxygens (including phenoxy) is 1. The maximum absolute atomic E-state index is 10.4. The second-order valence-electron chi connectivity index (χ2n) is 15.3. The Morgan fingerprint density at radius 2 is 1.97 bits per heavy atom. The molecule has 0 radical (unpaired) electrons. The molecule has 5 saturated carbocycles. The first-order valence-corrected chi connectivity index (χ1v) is 15.2. The summed E-state index contributed by atoms with van der Waals surface area (Å²) in [6.07, 6.45) is 15.9. The number of piperidine rings is 1. The first kappa shape index (κ1) is 22.6. The number of aliphatic hydroxyl groups excluding tert-OH is 1. The van der Waals surface area contributed by atoms with E-state index in [-0.39, 0.29) is 11.7 Å². The van der Waals surface area contributed by atoms with Crippen LogP contribution in [0.1, 0.15) is 78.1 Å². The second-order valence-corrected chi connectivity index (χ2v) is 15.3. The SMILES string of the molecule is C[C@H]1C[C@H]2O[C@@]34CC[C@H]5[C@@H]6CCC7=C[C@@H](O)CC[C@]7(C)[C@H]6CC56CC63C[C@@H]4[C@@H]2N(CCN(C)C)C1. The van der Waals surface area contributed by atoms with Gasteiger partial charge >= 0.3 is 0 Å². The number of likely N-dealkylation sites (tertiary alicyclic amines) is 1. The Morgan fingerprint density at radius 1 is 1.11 bits per heavy atom. The molecule has 35 heavy (non-hydrogen) atoms. The summed E-state index contributed by atoms with van der Waals surface area (Å²) >= 11 is 0. The van der Waals surface area contributed by atoms with Gasteiger partial charge in [0.1, 0.15) is 0 Å². The van der Waals surface area contributed by atoms with Gasteiger partial charge in [0.05, 0.1) is 17.8 Å². The average molecular weight is 481 g/mol. The molecule has 2 saturated heterocycles. The van der Waals surface area contributed by atoms with Crippen molar-refractivity contribution in [1.29, 1.82) is 0 Å². The Labute approximate surface area is 212 Å². The van der Waals surface area contributed by atoms with E-state index in [4.69, 9.17) is 4.74 Å². The summed E-state index contributed by atoms with van der Waals surface area (Å²) in [5.41, 5.74) is 3.32. The van der Waals surface area contributed by atoms with Crippen LogP contribution in [0.2, 0.25) is 0 Å². The van der Waals surface area contributed by atoms with E-state index in [2.05, 4.69) is 43.8 Å². The maximum Gasteiger partial charge on any atom is 0.0793 e. The van der Waals surface area contributed by atoms with Crippen LogP contribution in [0.4, 0.5) is 0 Å². The number of allylic oxidation sites excluding steroid dienone is 1. The topological polar surface area (TPSA) is 35.9 Å². The number of hydrogen-bond acceptors (Lipinski definition) is 4. The van der Waals surface area contributed by atoms with Gasteiger partial charge in [-0.25, -0.2) is 0 Å². The number of fused-ring (bicyclic) bond motifs is 6. The van der Waals surface area contributed by atoms with Crippen LogP contribution in [-0.4, -0.2) is 72.5 Å². The molecular weight excluding hydrogens is 432 g/mol. The maximum atomic E-state index is 10.4. The smallest absolute Gasteiger partial charge is 0.0793 e. The lowest BCUT2D eigenvalue weighted by Crippen LogP contribution is -2.64. The van der Waals surface area contributed by atoms with Crippen LogP contribution >= 0.6 is 0 Å². The summed E-state index contributed by atoms with van der Waals surface area (Å²) in [6.45, 7) is 8.70. The van der Waals surface area contributed by atoms with Crippen molar-refractivity contribution in [3.05, 3.63) is 11.6 Å². The summed E-state index contributed by atoms with van der Waals surface area (Å²) in [6, 6.07) is 0.682. The van der Waals surface area contributed by atoms with E-state index in [1.807, 2.05) is 0 Å². The summed E-state index contributed by atoms with van der Waals surface area (Å²) in [7, 11) is 4.44. The quantitative estimate of drug-likeness (QED) is 0.593. The molecule has 0 aromatic heterocycles. The average Bonchev–Trinajstić information content (AvgIpc) is 3.29. The van der Waals surface area contributed by atoms with Crippen molar-refractivity contribution in [2.45, 2.75) is 102 Å². The zero-order valence-corrected chi connectivity index (χ0v) is 22.6. The van der Waals surface area contributed by atoms with E-state index in [9.17, 15) is 5.11 Å². The van der Waals surface area contributed by atoms with Crippen molar-refractivity contribution in [2.24, 2.45) is 45.8 Å². The van der Waals surface area contributed by atoms with Crippen LogP contribution in [0.25, 0.3) is 0 Å². The highest BCUT2D eigenvalue weighted by Gasteiger charge is 2.91. The first-order chi connectivity index (χ1) is 16.7. The minimum absolute atomic E-state index is 0.188. The van der Waals surface area contributed by atoms with Crippen molar-refractivity contribution in [1.82, 2.24) is 9.80 Å². The first-order valence-electron chi connectivity index (χ1n) is 15.2. The van der Waals surface area contributed by atoms with Gasteiger partial charge in [0.25, 0.3) is 0 Å². The van der Waals surface area contributed by atoms with Gasteiger partial charge < -0.3 is 14.7 Å². The van der Waals surface area contributed by atoms with E-state index >= 15 is 0 Å². The number of likely N-dealkylation sites (N-methyl/N-ethyl adjacent to an activating group) is 1. The van der Waals surface area contributed by atoms with Gasteiger partial charge in [-0.15, -0.1) is 0 Å². The van der Waals surface area contributed by atoms with E-state index in [0.717, 1.165) is 36.0 Å². The summed E-state index contributed by atoms with van der Waals surface area (Å²) in [5.74, 6) is 4.30. The Balaban J connectivity index is 1.10. The van der Waals surface area contributed by atoms with Gasteiger partial charge in [-0.3, -0.25) is 4.90 Å². The molecule has 0 aromatic rings. The monoisotopic (exact) mass is 480 g/mol. The molecule has 12 atom stereocenters. The van der Waals surface area contributed by atoms with Crippen molar-refractivity contribution in [3.63, 3.8) is 0 Å². The van der Waals surface area contributed by atoms with Crippen molar-refractivity contribution in [3.8, 4) is 0 Å². The largest absolute Gasteiger partial charge is 0.389 e. The minimum atomic E-state index is -0.188. The molecule has 2 unspecified atom stereocenters. The van der Waals surface area contributed by atoms with Crippen molar-refractivity contribution >= 4 is 0 Å². The molecule has 4 nitrogen and oxygen atoms in total. The molecule has 6 aliphatic carbocycles. The van der Waals surface area contributed by atoms with E-state index < -0.39 is 0 Å². The standard InChI is InChI=1S/C31H48N2O2/c1-19-13-26-27(33(17-19)12-11-32(3)4)25-16-30-18-29(30)15-24-22(23(29)8-10-31(25,30)35-26)6-5-20-14-21(34)7-9-28(20,24)2/h14,19,21-27,34H,5-13,15-18H2,1-4H3/t19-,21-,22-,23-,24-,25+,26+,27-,28-,29?,30?,31+/m0/s1. The highest BCUT2D eigenvalue weighted by atomic mass is 16.5. The number of rotatable bonds is 3. The van der Waals surface area contributed by atoms with Crippen molar-refractivity contribution in [2.75, 3.05) is 33.7 Å². The Kier molecular flexibility index (Phi) is 4.48. The van der Waals surface area contributed by atoms with E-state index in [1.165, 1.54) is 77.4 Å². The highest BCUT2D eigenvalue weighted by molar-refractivity contribution is 5.41. The lowest BCUT2D eigenvalue weighted by molar-refractivity contribution is -0.211. The highest BCUT2D eigenvalue weighted by Crippen LogP contribution is 2.93. The van der Waals surface area contributed by atoms with Crippen LogP contribution in [0.3, 0.4) is 0 Å². The van der Waals surface area contributed by atoms with Gasteiger partial charge in [-0.1, -0.05) is 25.5 Å². The molecule has 1 N–H and O–H groups in total. The lowest BCUT2D eigenvalue weighted by atomic mass is 9.47. The molecule has 8 aliphatic rings. The number of nitrogens with zero attached hydrogens (tertiary/aromatic N) is 2. The zero-order valence-electron chi connectivity index (χ0n) is 22.6. The molecule has 0 bridgehead atoms. The van der Waals surface area contributed by atoms with Crippen LogP contribution < -0.4 is 0 Å². The van der Waals surface area contributed by atoms with Gasteiger partial charge in [0.2, 0.25) is 0 Å². The Bertz CT molecular complexity index is 964.